The van der Waals surface area contributed by atoms with Gasteiger partial charge in [0.25, 0.3) is 0 Å². The summed E-state index contributed by atoms with van der Waals surface area (Å²) in [5.74, 6) is 0.197. The summed E-state index contributed by atoms with van der Waals surface area (Å²) < 4.78 is 48.8. The second-order valence-electron chi connectivity index (χ2n) is 12.6. The van der Waals surface area contributed by atoms with Crippen molar-refractivity contribution in [3.63, 3.8) is 0 Å². The molecule has 0 saturated heterocycles. The van der Waals surface area contributed by atoms with Crippen LogP contribution in [0, 0.1) is 11.8 Å². The van der Waals surface area contributed by atoms with E-state index in [1.54, 1.807) is 42.5 Å². The number of likely N-dealkylation sites (N-methyl/N-ethyl adjacent to an activating group) is 1. The van der Waals surface area contributed by atoms with Crippen LogP contribution in [0.2, 0.25) is 0 Å². The van der Waals surface area contributed by atoms with Crippen LogP contribution in [-0.2, 0) is 25.9 Å². The van der Waals surface area contributed by atoms with E-state index in [0.717, 1.165) is 12.0 Å². The van der Waals surface area contributed by atoms with Gasteiger partial charge in [0, 0.05) is 35.6 Å². The summed E-state index contributed by atoms with van der Waals surface area (Å²) in [7, 11) is -1.99. The number of hydrogen-bond donors (Lipinski definition) is 4. The molecule has 1 aliphatic rings. The maximum absolute atomic E-state index is 13.5. The minimum Gasteiger partial charge on any atom is -0.768 e. The summed E-state index contributed by atoms with van der Waals surface area (Å²) >= 11 is -2.08. The van der Waals surface area contributed by atoms with Crippen molar-refractivity contribution in [2.75, 3.05) is 32.5 Å². The first-order valence-electron chi connectivity index (χ1n) is 16.9. The quantitative estimate of drug-likeness (QED) is 0.0860. The Hall–Kier alpha value is -3.65. The molecule has 0 spiro atoms. The molecule has 0 saturated carbocycles. The van der Waals surface area contributed by atoms with Gasteiger partial charge < -0.3 is 26.0 Å². The fourth-order valence-electron chi connectivity index (χ4n) is 5.96. The lowest BCUT2D eigenvalue weighted by atomic mass is 9.77. The van der Waals surface area contributed by atoms with Crippen LogP contribution in [0.5, 0.6) is 0 Å². The highest BCUT2D eigenvalue weighted by Gasteiger charge is 2.34. The zero-order valence-corrected chi connectivity index (χ0v) is 30.7. The molecule has 5 N–H and O–H groups in total. The van der Waals surface area contributed by atoms with Crippen molar-refractivity contribution in [1.82, 2.24) is 14.9 Å². The molecule has 12 heteroatoms. The van der Waals surface area contributed by atoms with E-state index in [1.807, 2.05) is 51.2 Å². The summed E-state index contributed by atoms with van der Waals surface area (Å²) in [6, 6.07) is 23.5. The number of unbranched alkanes of at least 4 members (excludes halogenated alkanes) is 1. The maximum atomic E-state index is 13.5. The van der Waals surface area contributed by atoms with E-state index in [0.29, 0.717) is 42.9 Å². The van der Waals surface area contributed by atoms with E-state index in [-0.39, 0.29) is 35.2 Å². The number of anilines is 1. The Kier molecular flexibility index (Phi) is 17.0. The first kappa shape index (κ1) is 40.8. The molecule has 1 aliphatic carbocycles. The number of rotatable bonds is 17. The molecule has 10 nitrogen and oxygen atoms in total. The summed E-state index contributed by atoms with van der Waals surface area (Å²) in [5, 5.41) is 16.5. The van der Waals surface area contributed by atoms with Crippen LogP contribution < -0.4 is 16.4 Å². The number of aliphatic hydroxyl groups is 1. The molecular weight excluding hydrogens is 673 g/mol. The Bertz CT molecular complexity index is 1630. The smallest absolute Gasteiger partial charge is 0.243 e. The number of carbonyl (C=O) groups excluding carboxylic acids is 1. The van der Waals surface area contributed by atoms with Gasteiger partial charge >= 0.3 is 0 Å². The van der Waals surface area contributed by atoms with Crippen molar-refractivity contribution in [3.8, 4) is 0 Å². The zero-order valence-electron chi connectivity index (χ0n) is 29.1. The first-order valence-corrected chi connectivity index (χ1v) is 19.5. The van der Waals surface area contributed by atoms with Crippen LogP contribution in [0.25, 0.3) is 0 Å². The fraction of sp³-hybridized carbons (Fsp3) is 0.395. The summed E-state index contributed by atoms with van der Waals surface area (Å²) in [6.07, 6.45) is 11.1. The average molecular weight is 724 g/mol. The molecule has 4 rings (SSSR count). The van der Waals surface area contributed by atoms with Gasteiger partial charge in [-0.15, -0.1) is 0 Å². The van der Waals surface area contributed by atoms with Gasteiger partial charge in [-0.3, -0.25) is 9.00 Å². The number of nitrogens with two attached hydrogens (primary N) is 1. The summed E-state index contributed by atoms with van der Waals surface area (Å²) in [6.45, 7) is 4.39. The molecule has 0 aliphatic heterocycles. The Morgan fingerprint density at radius 2 is 1.64 bits per heavy atom. The van der Waals surface area contributed by atoms with Gasteiger partial charge in [0.15, 0.2) is 0 Å². The van der Waals surface area contributed by atoms with Gasteiger partial charge in [0.05, 0.1) is 17.5 Å². The van der Waals surface area contributed by atoms with Gasteiger partial charge in [-0.1, -0.05) is 93.1 Å². The standard InChI is InChI=1S/C32H46N4O4S.C6H6O2S/c1-24(2)22-36(41(39,40)29-19-17-27(33)18-20-29)28(23-37)16-10-11-21-35-32(38)31(34-3)30(25-12-6-4-7-13-25)26-14-8-5-9-15-26;7-9(8)6-4-2-1-3-5-6/h4-9,12-14,17-20,24,26,28,30-31,34,37H,10-11,15-16,21-23,33H2,1-3H3,(H,35,38);1-5H,(H,7,8)/p-1/t26?,28-,30?,31-;/m0./s1. The minimum absolute atomic E-state index is 0.0238. The number of nitrogens with zero attached hydrogens (tertiary/aromatic N) is 1. The third kappa shape index (κ3) is 12.3. The molecule has 0 heterocycles. The lowest BCUT2D eigenvalue weighted by Crippen LogP contribution is -2.48. The van der Waals surface area contributed by atoms with Crippen LogP contribution in [0.1, 0.15) is 51.0 Å². The highest BCUT2D eigenvalue weighted by Crippen LogP contribution is 2.33. The molecule has 3 aromatic carbocycles. The van der Waals surface area contributed by atoms with E-state index >= 15 is 0 Å². The van der Waals surface area contributed by atoms with E-state index in [9.17, 15) is 27.1 Å². The Morgan fingerprint density at radius 3 is 2.16 bits per heavy atom. The molecule has 5 atom stereocenters. The van der Waals surface area contributed by atoms with E-state index < -0.39 is 33.2 Å². The lowest BCUT2D eigenvalue weighted by molar-refractivity contribution is -0.123. The fourth-order valence-corrected chi connectivity index (χ4v) is 8.15. The number of nitrogens with one attached hydrogen (secondary N) is 2. The highest BCUT2D eigenvalue weighted by atomic mass is 32.2. The predicted octanol–water partition coefficient (Wildman–Crippen LogP) is 4.99. The number of benzene rings is 3. The Labute approximate surface area is 300 Å². The SMILES string of the molecule is CN[C@H](C(=O)NCCCC[C@@H](CO)N(CC(C)C)S(=O)(=O)c1ccc(N)cc1)C(c1ccccc1)C1C=CC=CC1.O=S([O-])c1ccccc1. The van der Waals surface area contributed by atoms with Gasteiger partial charge in [-0.25, -0.2) is 8.42 Å². The normalized spacial score (nSPS) is 16.7. The second-order valence-corrected chi connectivity index (χ2v) is 15.5. The van der Waals surface area contributed by atoms with Crippen LogP contribution in [0.3, 0.4) is 0 Å². The van der Waals surface area contributed by atoms with Crippen molar-refractivity contribution in [2.24, 2.45) is 11.8 Å². The molecule has 0 bridgehead atoms. The Morgan fingerprint density at radius 1 is 1.00 bits per heavy atom. The van der Waals surface area contributed by atoms with E-state index in [1.165, 1.54) is 16.4 Å². The molecule has 3 unspecified atom stereocenters. The van der Waals surface area contributed by atoms with Crippen LogP contribution >= 0.6 is 0 Å². The van der Waals surface area contributed by atoms with Crippen LogP contribution in [0.4, 0.5) is 5.69 Å². The van der Waals surface area contributed by atoms with Crippen molar-refractivity contribution in [3.05, 3.63) is 115 Å². The summed E-state index contributed by atoms with van der Waals surface area (Å²) in [4.78, 5) is 13.9. The topological polar surface area (TPSA) is 165 Å². The highest BCUT2D eigenvalue weighted by molar-refractivity contribution is 7.89. The van der Waals surface area contributed by atoms with Crippen LogP contribution in [0.15, 0.2) is 119 Å². The lowest BCUT2D eigenvalue weighted by Gasteiger charge is -2.32. The van der Waals surface area contributed by atoms with Crippen molar-refractivity contribution < 1.29 is 27.1 Å². The molecule has 1 amide bonds. The van der Waals surface area contributed by atoms with E-state index in [2.05, 4.69) is 34.9 Å². The van der Waals surface area contributed by atoms with E-state index in [4.69, 9.17) is 5.73 Å². The maximum Gasteiger partial charge on any atom is 0.243 e. The Balaban J connectivity index is 0.000000650. The third-order valence-corrected chi connectivity index (χ3v) is 11.1. The number of hydrogen-bond acceptors (Lipinski definition) is 8. The van der Waals surface area contributed by atoms with Gasteiger partial charge in [-0.2, -0.15) is 4.31 Å². The molecule has 0 radical (unpaired) electrons. The number of allylic oxidation sites excluding steroid dienone is 4. The molecular formula is C38H51N4O6S2-. The van der Waals surface area contributed by atoms with Crippen molar-refractivity contribution >= 4 is 32.7 Å². The van der Waals surface area contributed by atoms with Gasteiger partial charge in [-0.05, 0) is 91.2 Å². The molecule has 0 aromatic heterocycles. The third-order valence-electron chi connectivity index (χ3n) is 8.46. The largest absolute Gasteiger partial charge is 0.768 e. The number of amides is 1. The minimum atomic E-state index is -3.81. The molecule has 50 heavy (non-hydrogen) atoms. The van der Waals surface area contributed by atoms with Crippen molar-refractivity contribution in [1.29, 1.82) is 0 Å². The molecule has 3 aromatic rings. The molecule has 0 fully saturated rings. The number of sulfonamides is 1. The number of aliphatic hydroxyl groups excluding tert-OH is 1. The van der Waals surface area contributed by atoms with Gasteiger partial charge in [0.1, 0.15) is 0 Å². The van der Waals surface area contributed by atoms with Gasteiger partial charge in [0.2, 0.25) is 15.9 Å². The predicted molar refractivity (Wildman–Crippen MR) is 199 cm³/mol. The van der Waals surface area contributed by atoms with Crippen LogP contribution in [-0.4, -0.2) is 71.3 Å². The monoisotopic (exact) mass is 723 g/mol. The zero-order chi connectivity index (χ0) is 36.5. The molecule has 272 valence electrons. The average Bonchev–Trinajstić information content (AvgIpc) is 3.12. The number of carbonyl (C=O) groups is 1. The van der Waals surface area contributed by atoms with Crippen molar-refractivity contribution in [2.45, 2.75) is 67.3 Å². The first-order chi connectivity index (χ1) is 24.0. The number of nitrogen functional groups attached to an aromatic ring is 1. The second kappa shape index (κ2) is 20.9. The summed E-state index contributed by atoms with van der Waals surface area (Å²) in [5.41, 5.74) is 7.36.